The van der Waals surface area contributed by atoms with Crippen molar-refractivity contribution in [3.8, 4) is 11.5 Å². The molecule has 1 spiro atoms. The van der Waals surface area contributed by atoms with Crippen LogP contribution in [-0.4, -0.2) is 122 Å². The predicted molar refractivity (Wildman–Crippen MR) is 169 cm³/mol. The molecule has 266 valence electrons. The van der Waals surface area contributed by atoms with Gasteiger partial charge in [-0.3, -0.25) is 4.90 Å². The number of esters is 1. The minimum absolute atomic E-state index is 0.0650. The molecule has 7 aliphatic rings. The fourth-order valence-electron chi connectivity index (χ4n) is 12.7. The van der Waals surface area contributed by atoms with Crippen molar-refractivity contribution in [3.63, 3.8) is 0 Å². The Morgan fingerprint density at radius 1 is 1.00 bits per heavy atom. The largest absolute Gasteiger partial charge is 0.493 e. The van der Waals surface area contributed by atoms with Crippen molar-refractivity contribution in [2.45, 2.75) is 112 Å². The second kappa shape index (κ2) is 10.5. The molecule has 3 aliphatic heterocycles. The highest BCUT2D eigenvalue weighted by Gasteiger charge is 2.86. The van der Waals surface area contributed by atoms with Gasteiger partial charge in [-0.2, -0.15) is 0 Å². The van der Waals surface area contributed by atoms with E-state index in [-0.39, 0.29) is 24.4 Å². The van der Waals surface area contributed by atoms with Crippen LogP contribution in [0.3, 0.4) is 0 Å². The number of benzene rings is 1. The van der Waals surface area contributed by atoms with E-state index in [0.29, 0.717) is 36.8 Å². The zero-order valence-electron chi connectivity index (χ0n) is 28.4. The van der Waals surface area contributed by atoms with Gasteiger partial charge in [0.2, 0.25) is 0 Å². The first-order valence-electron chi connectivity index (χ1n) is 17.7. The van der Waals surface area contributed by atoms with E-state index < -0.39 is 88.0 Å². The van der Waals surface area contributed by atoms with Gasteiger partial charge < -0.3 is 49.6 Å². The molecule has 0 amide bonds. The molecule has 4 bridgehead atoms. The molecule has 16 atom stereocenters. The van der Waals surface area contributed by atoms with E-state index in [1.165, 1.54) is 26.4 Å². The molecule has 12 heteroatoms. The van der Waals surface area contributed by atoms with Gasteiger partial charge >= 0.3 is 5.97 Å². The van der Waals surface area contributed by atoms with Crippen molar-refractivity contribution in [2.24, 2.45) is 40.9 Å². The Morgan fingerprint density at radius 2 is 1.73 bits per heavy atom. The van der Waals surface area contributed by atoms with Crippen LogP contribution in [0.5, 0.6) is 11.5 Å². The van der Waals surface area contributed by atoms with Crippen LogP contribution in [0.4, 0.5) is 0 Å². The van der Waals surface area contributed by atoms with Crippen LogP contribution in [0.2, 0.25) is 0 Å². The molecule has 4 saturated carbocycles. The molecular weight excluding hydrogens is 622 g/mol. The predicted octanol–water partition coefficient (Wildman–Crippen LogP) is 1.07. The third-order valence-corrected chi connectivity index (χ3v) is 14.7. The van der Waals surface area contributed by atoms with E-state index in [0.717, 1.165) is 19.4 Å². The van der Waals surface area contributed by atoms with Gasteiger partial charge in [0.15, 0.2) is 23.4 Å². The van der Waals surface area contributed by atoms with E-state index in [1.807, 2.05) is 6.92 Å². The van der Waals surface area contributed by atoms with Crippen molar-refractivity contribution in [1.82, 2.24) is 4.90 Å². The molecule has 3 saturated heterocycles. The summed E-state index contributed by atoms with van der Waals surface area (Å²) in [5, 5.41) is 73.3. The molecule has 0 unspecified atom stereocenters. The van der Waals surface area contributed by atoms with Gasteiger partial charge in [-0.05, 0) is 81.4 Å². The Kier molecular flexibility index (Phi) is 7.25. The van der Waals surface area contributed by atoms with Gasteiger partial charge in [-0.25, -0.2) is 4.79 Å². The number of aliphatic hydroxyl groups excluding tert-OH is 3. The minimum atomic E-state index is -2.00. The SMILES string of the molecule is COc1ccc(C(=O)O[C@H]2[C@H](O)[C@H]3[C@H](CN4C[C@@H](C)CC[C@@H]4[C@@]3(C)O)[C@H]3C[C@@]45O[C@@]6(O)[C@@H](C[C@@H](O)[C@@H]4[C@@]32O)[C@]5(C)CC[C@@H]6O)cc1OC. The number of hydrogen-bond acceptors (Lipinski definition) is 12. The lowest BCUT2D eigenvalue weighted by Crippen LogP contribution is -2.77. The number of nitrogens with zero attached hydrogens (tertiary/aromatic N) is 1. The molecule has 12 nitrogen and oxygen atoms in total. The zero-order valence-corrected chi connectivity index (χ0v) is 28.4. The summed E-state index contributed by atoms with van der Waals surface area (Å²) >= 11 is 0. The number of fused-ring (bicyclic) bond motifs is 5. The summed E-state index contributed by atoms with van der Waals surface area (Å²) in [5.41, 5.74) is -5.30. The van der Waals surface area contributed by atoms with Crippen LogP contribution in [0.15, 0.2) is 18.2 Å². The summed E-state index contributed by atoms with van der Waals surface area (Å²) in [4.78, 5) is 16.3. The van der Waals surface area contributed by atoms with E-state index in [1.54, 1.807) is 13.0 Å². The third-order valence-electron chi connectivity index (χ3n) is 14.7. The number of carbonyl (C=O) groups excluding carboxylic acids is 1. The number of ether oxygens (including phenoxy) is 4. The first-order chi connectivity index (χ1) is 22.6. The quantitative estimate of drug-likeness (QED) is 0.251. The number of aliphatic hydroxyl groups is 6. The van der Waals surface area contributed by atoms with Gasteiger partial charge in [0.25, 0.3) is 0 Å². The van der Waals surface area contributed by atoms with E-state index in [4.69, 9.17) is 18.9 Å². The summed E-state index contributed by atoms with van der Waals surface area (Å²) in [5.74, 6) is -5.15. The summed E-state index contributed by atoms with van der Waals surface area (Å²) in [6.45, 7) is 7.22. The number of carbonyl (C=O) groups is 1. The normalized spacial score (nSPS) is 53.6. The molecule has 1 aromatic rings. The van der Waals surface area contributed by atoms with Gasteiger partial charge in [0.1, 0.15) is 11.7 Å². The molecule has 3 heterocycles. The van der Waals surface area contributed by atoms with Crippen molar-refractivity contribution in [3.05, 3.63) is 23.8 Å². The number of hydrogen-bond donors (Lipinski definition) is 6. The van der Waals surface area contributed by atoms with Crippen molar-refractivity contribution in [2.75, 3.05) is 27.3 Å². The average Bonchev–Trinajstić information content (AvgIpc) is 3.33. The molecular formula is C36H51NO11. The standard InChI is InChI=1S/C36H51NO11/c1-17-6-9-25-33(3,42)27-19(16-37(25)15-17)20-14-34-29(21(38)13-24-32(34,2)11-10-26(39)36(24,44)48-34)35(20,43)30(28(27)40)47-31(41)18-7-8-22(45-4)23(12-18)46-5/h7-8,12,17,19-21,24-30,38-40,42-44H,6,9-11,13-16H2,1-5H3/t17-,19+,20+,21+,24-,25+,26-,27+,28+,29-,30-,32-,33+,34+,35-,36-/m0/s1. The van der Waals surface area contributed by atoms with Crippen LogP contribution in [0.1, 0.15) is 69.7 Å². The van der Waals surface area contributed by atoms with Crippen LogP contribution >= 0.6 is 0 Å². The molecule has 0 radical (unpaired) electrons. The first-order valence-corrected chi connectivity index (χ1v) is 17.7. The number of methoxy groups -OCH3 is 2. The lowest BCUT2D eigenvalue weighted by atomic mass is 9.49. The highest BCUT2D eigenvalue weighted by molar-refractivity contribution is 5.90. The van der Waals surface area contributed by atoms with Crippen molar-refractivity contribution >= 4 is 5.97 Å². The Balaban J connectivity index is 1.27. The Bertz CT molecular complexity index is 1490. The highest BCUT2D eigenvalue weighted by atomic mass is 16.7. The van der Waals surface area contributed by atoms with Crippen LogP contribution in [0.25, 0.3) is 0 Å². The van der Waals surface area contributed by atoms with Gasteiger partial charge in [0.05, 0.1) is 43.2 Å². The van der Waals surface area contributed by atoms with Crippen LogP contribution in [-0.2, 0) is 9.47 Å². The maximum atomic E-state index is 14.0. The second-order valence-corrected chi connectivity index (χ2v) is 16.7. The molecule has 0 aromatic heterocycles. The summed E-state index contributed by atoms with van der Waals surface area (Å²) in [6, 6.07) is 4.32. The zero-order chi connectivity index (χ0) is 34.3. The van der Waals surface area contributed by atoms with Crippen molar-refractivity contribution < 1.29 is 54.4 Å². The van der Waals surface area contributed by atoms with E-state index >= 15 is 0 Å². The summed E-state index contributed by atoms with van der Waals surface area (Å²) < 4.78 is 23.7. The topological polar surface area (TPSA) is 179 Å². The molecule has 6 N–H and O–H groups in total. The highest BCUT2D eigenvalue weighted by Crippen LogP contribution is 2.77. The monoisotopic (exact) mass is 673 g/mol. The first kappa shape index (κ1) is 33.1. The Morgan fingerprint density at radius 3 is 2.44 bits per heavy atom. The minimum Gasteiger partial charge on any atom is -0.493 e. The maximum absolute atomic E-state index is 14.0. The maximum Gasteiger partial charge on any atom is 0.338 e. The van der Waals surface area contributed by atoms with Gasteiger partial charge in [0, 0.05) is 42.3 Å². The Hall–Kier alpha value is -2.03. The Labute approximate surface area is 280 Å². The number of rotatable bonds is 4. The third kappa shape index (κ3) is 3.92. The van der Waals surface area contributed by atoms with Crippen molar-refractivity contribution in [1.29, 1.82) is 0 Å². The smallest absolute Gasteiger partial charge is 0.338 e. The molecule has 1 aromatic carbocycles. The lowest BCUT2D eigenvalue weighted by Gasteiger charge is -2.64. The molecule has 7 fully saturated rings. The fraction of sp³-hybridized carbons (Fsp3) is 0.806. The summed E-state index contributed by atoms with van der Waals surface area (Å²) in [6.07, 6.45) is -2.64. The van der Waals surface area contributed by atoms with Crippen LogP contribution in [0, 0.1) is 40.9 Å². The van der Waals surface area contributed by atoms with Crippen LogP contribution < -0.4 is 9.47 Å². The van der Waals surface area contributed by atoms with E-state index in [2.05, 4.69) is 11.8 Å². The summed E-state index contributed by atoms with van der Waals surface area (Å²) in [7, 11) is 2.93. The number of piperidine rings is 2. The fourth-order valence-corrected chi connectivity index (χ4v) is 12.7. The van der Waals surface area contributed by atoms with Gasteiger partial charge in [-0.1, -0.05) is 13.8 Å². The van der Waals surface area contributed by atoms with Gasteiger partial charge in [-0.15, -0.1) is 0 Å². The molecule has 8 rings (SSSR count). The molecule has 4 aliphatic carbocycles. The van der Waals surface area contributed by atoms with E-state index in [9.17, 15) is 35.4 Å². The lowest BCUT2D eigenvalue weighted by molar-refractivity contribution is -0.295. The second-order valence-electron chi connectivity index (χ2n) is 16.7. The average molecular weight is 674 g/mol. The molecule has 48 heavy (non-hydrogen) atoms.